The summed E-state index contributed by atoms with van der Waals surface area (Å²) in [6.45, 7) is 7.25. The van der Waals surface area contributed by atoms with Gasteiger partial charge in [-0.15, -0.1) is 0 Å². The summed E-state index contributed by atoms with van der Waals surface area (Å²) in [5.41, 5.74) is 2.09. The van der Waals surface area contributed by atoms with Crippen LogP contribution in [0.2, 0.25) is 0 Å². The minimum atomic E-state index is -3.21. The molecule has 118 valence electrons. The van der Waals surface area contributed by atoms with E-state index in [-0.39, 0.29) is 5.41 Å². The SMILES string of the molecule is CCCC1(CCC(C)C)CN(S(C)(=O)=O)c2ccccc21. The Morgan fingerprint density at radius 2 is 1.90 bits per heavy atom. The van der Waals surface area contributed by atoms with E-state index < -0.39 is 10.0 Å². The van der Waals surface area contributed by atoms with Crippen molar-refractivity contribution in [3.05, 3.63) is 29.8 Å². The fraction of sp³-hybridized carbons (Fsp3) is 0.647. The van der Waals surface area contributed by atoms with Gasteiger partial charge in [0.15, 0.2) is 0 Å². The second kappa shape index (κ2) is 5.99. The number of anilines is 1. The van der Waals surface area contributed by atoms with E-state index in [0.29, 0.717) is 12.5 Å². The van der Waals surface area contributed by atoms with Gasteiger partial charge in [0.05, 0.1) is 11.9 Å². The third-order valence-electron chi connectivity index (χ3n) is 4.52. The molecular weight excluding hydrogens is 282 g/mol. The number of hydrogen-bond acceptors (Lipinski definition) is 2. The highest BCUT2D eigenvalue weighted by Gasteiger charge is 2.44. The summed E-state index contributed by atoms with van der Waals surface area (Å²) in [6.07, 6.45) is 5.62. The Kier molecular flexibility index (Phi) is 4.66. The smallest absolute Gasteiger partial charge is 0.232 e. The minimum absolute atomic E-state index is 0.0152. The Hall–Kier alpha value is -1.03. The average Bonchev–Trinajstić information content (AvgIpc) is 2.73. The summed E-state index contributed by atoms with van der Waals surface area (Å²) in [5, 5.41) is 0. The Labute approximate surface area is 129 Å². The number of nitrogens with zero attached hydrogens (tertiary/aromatic N) is 1. The lowest BCUT2D eigenvalue weighted by molar-refractivity contribution is 0.352. The summed E-state index contributed by atoms with van der Waals surface area (Å²) < 4.78 is 25.9. The van der Waals surface area contributed by atoms with E-state index >= 15 is 0 Å². The van der Waals surface area contributed by atoms with Crippen molar-refractivity contribution in [2.45, 2.75) is 51.9 Å². The maximum atomic E-state index is 12.2. The van der Waals surface area contributed by atoms with Crippen LogP contribution in [0.3, 0.4) is 0 Å². The Morgan fingerprint density at radius 1 is 1.24 bits per heavy atom. The molecule has 4 heteroatoms. The molecule has 1 heterocycles. The molecule has 2 rings (SSSR count). The van der Waals surface area contributed by atoms with Crippen LogP contribution in [0.15, 0.2) is 24.3 Å². The van der Waals surface area contributed by atoms with Gasteiger partial charge in [0.1, 0.15) is 0 Å². The average molecular weight is 309 g/mol. The second-order valence-electron chi connectivity index (χ2n) is 6.75. The van der Waals surface area contributed by atoms with Crippen LogP contribution < -0.4 is 4.31 Å². The van der Waals surface area contributed by atoms with E-state index in [1.54, 1.807) is 4.31 Å². The van der Waals surface area contributed by atoms with Crippen LogP contribution in [-0.4, -0.2) is 21.2 Å². The van der Waals surface area contributed by atoms with E-state index in [1.165, 1.54) is 11.8 Å². The molecule has 0 fully saturated rings. The summed E-state index contributed by atoms with van der Waals surface area (Å²) in [6, 6.07) is 8.03. The molecule has 0 bridgehead atoms. The third kappa shape index (κ3) is 3.25. The summed E-state index contributed by atoms with van der Waals surface area (Å²) >= 11 is 0. The first-order valence-electron chi connectivity index (χ1n) is 7.87. The van der Waals surface area contributed by atoms with Crippen molar-refractivity contribution in [3.63, 3.8) is 0 Å². The van der Waals surface area contributed by atoms with Gasteiger partial charge in [0.2, 0.25) is 10.0 Å². The highest BCUT2D eigenvalue weighted by Crippen LogP contribution is 2.47. The highest BCUT2D eigenvalue weighted by molar-refractivity contribution is 7.92. The Bertz CT molecular complexity index is 595. The van der Waals surface area contributed by atoms with Gasteiger partial charge >= 0.3 is 0 Å². The van der Waals surface area contributed by atoms with Gasteiger partial charge in [-0.25, -0.2) is 8.42 Å². The number of benzene rings is 1. The van der Waals surface area contributed by atoms with Crippen molar-refractivity contribution in [1.82, 2.24) is 0 Å². The molecule has 1 aromatic carbocycles. The molecule has 0 saturated carbocycles. The summed E-state index contributed by atoms with van der Waals surface area (Å²) in [4.78, 5) is 0. The molecule has 0 amide bonds. The fourth-order valence-corrected chi connectivity index (χ4v) is 4.47. The van der Waals surface area contributed by atoms with Crippen molar-refractivity contribution >= 4 is 15.7 Å². The van der Waals surface area contributed by atoms with Crippen LogP contribution in [0.4, 0.5) is 5.69 Å². The number of hydrogen-bond donors (Lipinski definition) is 0. The lowest BCUT2D eigenvalue weighted by Gasteiger charge is -2.31. The standard InChI is InChI=1S/C17H27NO2S/c1-5-11-17(12-10-14(2)3)13-18(21(4,19)20)16-9-7-6-8-15(16)17/h6-9,14H,5,10-13H2,1-4H3. The number of sulfonamides is 1. The van der Waals surface area contributed by atoms with Crippen molar-refractivity contribution in [3.8, 4) is 0 Å². The van der Waals surface area contributed by atoms with Gasteiger partial charge in [0.25, 0.3) is 0 Å². The zero-order valence-corrected chi connectivity index (χ0v) is 14.4. The molecule has 0 N–H and O–H groups in total. The molecule has 1 aliphatic rings. The molecule has 21 heavy (non-hydrogen) atoms. The quantitative estimate of drug-likeness (QED) is 0.798. The van der Waals surface area contributed by atoms with Crippen LogP contribution in [0.5, 0.6) is 0 Å². The van der Waals surface area contributed by atoms with Gasteiger partial charge in [-0.2, -0.15) is 0 Å². The number of rotatable bonds is 6. The first-order valence-corrected chi connectivity index (χ1v) is 9.72. The van der Waals surface area contributed by atoms with Crippen LogP contribution in [-0.2, 0) is 15.4 Å². The van der Waals surface area contributed by atoms with Crippen molar-refractivity contribution in [1.29, 1.82) is 0 Å². The van der Waals surface area contributed by atoms with Crippen LogP contribution in [0, 0.1) is 5.92 Å². The lowest BCUT2D eigenvalue weighted by Crippen LogP contribution is -2.36. The van der Waals surface area contributed by atoms with Gasteiger partial charge in [-0.1, -0.05) is 51.8 Å². The van der Waals surface area contributed by atoms with Crippen LogP contribution in [0.25, 0.3) is 0 Å². The molecule has 0 radical (unpaired) electrons. The molecule has 1 aliphatic heterocycles. The molecule has 1 aromatic rings. The predicted octanol–water partition coefficient (Wildman–Crippen LogP) is 3.94. The molecule has 0 saturated heterocycles. The summed E-state index contributed by atoms with van der Waals surface area (Å²) in [5.74, 6) is 0.637. The number of para-hydroxylation sites is 1. The fourth-order valence-electron chi connectivity index (χ4n) is 3.48. The first-order chi connectivity index (χ1) is 9.80. The van der Waals surface area contributed by atoms with Crippen molar-refractivity contribution < 1.29 is 8.42 Å². The van der Waals surface area contributed by atoms with Gasteiger partial charge in [0, 0.05) is 12.0 Å². The van der Waals surface area contributed by atoms with Crippen LogP contribution >= 0.6 is 0 Å². The van der Waals surface area contributed by atoms with Gasteiger partial charge in [-0.3, -0.25) is 4.31 Å². The Morgan fingerprint density at radius 3 is 2.48 bits per heavy atom. The van der Waals surface area contributed by atoms with Gasteiger partial charge in [-0.05, 0) is 30.4 Å². The zero-order valence-electron chi connectivity index (χ0n) is 13.6. The minimum Gasteiger partial charge on any atom is -0.269 e. The molecule has 0 spiro atoms. The molecular formula is C17H27NO2S. The first kappa shape index (κ1) is 16.3. The predicted molar refractivity (Wildman–Crippen MR) is 89.3 cm³/mol. The van der Waals surface area contributed by atoms with Crippen molar-refractivity contribution in [2.75, 3.05) is 17.1 Å². The topological polar surface area (TPSA) is 37.4 Å². The largest absolute Gasteiger partial charge is 0.269 e. The highest BCUT2D eigenvalue weighted by atomic mass is 32.2. The maximum absolute atomic E-state index is 12.2. The van der Waals surface area contributed by atoms with E-state index in [2.05, 4.69) is 26.8 Å². The van der Waals surface area contributed by atoms with E-state index in [0.717, 1.165) is 31.4 Å². The maximum Gasteiger partial charge on any atom is 0.232 e. The zero-order chi connectivity index (χ0) is 15.7. The molecule has 1 unspecified atom stereocenters. The third-order valence-corrected chi connectivity index (χ3v) is 5.65. The van der Waals surface area contributed by atoms with Crippen LogP contribution in [0.1, 0.15) is 52.0 Å². The van der Waals surface area contributed by atoms with Crippen molar-refractivity contribution in [2.24, 2.45) is 5.92 Å². The molecule has 0 aromatic heterocycles. The monoisotopic (exact) mass is 309 g/mol. The molecule has 0 aliphatic carbocycles. The van der Waals surface area contributed by atoms with E-state index in [9.17, 15) is 8.42 Å². The van der Waals surface area contributed by atoms with E-state index in [1.807, 2.05) is 18.2 Å². The Balaban J connectivity index is 2.47. The van der Waals surface area contributed by atoms with Gasteiger partial charge < -0.3 is 0 Å². The number of fused-ring (bicyclic) bond motifs is 1. The van der Waals surface area contributed by atoms with E-state index in [4.69, 9.17) is 0 Å². The normalized spacial score (nSPS) is 21.9. The summed E-state index contributed by atoms with van der Waals surface area (Å²) in [7, 11) is -3.21. The lowest BCUT2D eigenvalue weighted by atomic mass is 9.74. The molecule has 3 nitrogen and oxygen atoms in total. The second-order valence-corrected chi connectivity index (χ2v) is 8.66. The molecule has 1 atom stereocenters.